The van der Waals surface area contributed by atoms with Gasteiger partial charge in [-0.25, -0.2) is 4.98 Å². The molecule has 5 nitrogen and oxygen atoms in total. The second-order valence-corrected chi connectivity index (χ2v) is 5.06. The van der Waals surface area contributed by atoms with Crippen LogP contribution >= 0.6 is 0 Å². The van der Waals surface area contributed by atoms with Crippen LogP contribution in [0.5, 0.6) is 0 Å². The largest absolute Gasteiger partial charge is 0.352 e. The topological polar surface area (TPSA) is 52.2 Å². The molecule has 1 aromatic rings. The van der Waals surface area contributed by atoms with Crippen LogP contribution in [0.4, 0.5) is 5.82 Å². The zero-order valence-electron chi connectivity index (χ0n) is 11.4. The summed E-state index contributed by atoms with van der Waals surface area (Å²) in [5.41, 5.74) is -0.0540. The molecular weight excluding hydrogens is 228 g/mol. The predicted octanol–water partition coefficient (Wildman–Crippen LogP) is 0.863. The highest BCUT2D eigenvalue weighted by atomic mass is 16.1. The van der Waals surface area contributed by atoms with Crippen molar-refractivity contribution in [2.24, 2.45) is 0 Å². The Balaban J connectivity index is 2.29. The number of hydrogen-bond donors (Lipinski definition) is 1. The van der Waals surface area contributed by atoms with Crippen molar-refractivity contribution in [3.63, 3.8) is 0 Å². The Hall–Kier alpha value is -1.36. The van der Waals surface area contributed by atoms with Crippen molar-refractivity contribution >= 4 is 5.82 Å². The molecule has 1 aromatic heterocycles. The first kappa shape index (κ1) is 13.1. The van der Waals surface area contributed by atoms with E-state index in [9.17, 15) is 4.79 Å². The number of aromatic nitrogens is 2. The molecule has 1 aliphatic rings. The summed E-state index contributed by atoms with van der Waals surface area (Å²) in [4.78, 5) is 23.5. The Morgan fingerprint density at radius 1 is 1.50 bits per heavy atom. The van der Waals surface area contributed by atoms with E-state index in [1.165, 1.54) is 0 Å². The van der Waals surface area contributed by atoms with E-state index in [1.54, 1.807) is 6.07 Å². The van der Waals surface area contributed by atoms with Crippen LogP contribution in [-0.4, -0.2) is 47.6 Å². The number of anilines is 1. The summed E-state index contributed by atoms with van der Waals surface area (Å²) in [5, 5.41) is 0. The normalized spacial score (nSPS) is 21.9. The van der Waals surface area contributed by atoms with Gasteiger partial charge in [-0.2, -0.15) is 0 Å². The maximum absolute atomic E-state index is 11.6. The van der Waals surface area contributed by atoms with Crippen molar-refractivity contribution in [3.8, 4) is 0 Å². The van der Waals surface area contributed by atoms with Crippen molar-refractivity contribution in [1.29, 1.82) is 0 Å². The highest BCUT2D eigenvalue weighted by molar-refractivity contribution is 5.39. The smallest absolute Gasteiger partial charge is 0.252 e. The first-order chi connectivity index (χ1) is 8.60. The molecule has 2 heterocycles. The van der Waals surface area contributed by atoms with Crippen LogP contribution in [0.3, 0.4) is 0 Å². The number of nitrogens with one attached hydrogen (secondary N) is 1. The van der Waals surface area contributed by atoms with Crippen LogP contribution in [0.2, 0.25) is 0 Å². The van der Waals surface area contributed by atoms with E-state index in [4.69, 9.17) is 0 Å². The van der Waals surface area contributed by atoms with Crippen LogP contribution in [-0.2, 0) is 6.42 Å². The maximum Gasteiger partial charge on any atom is 0.252 e. The quantitative estimate of drug-likeness (QED) is 0.846. The van der Waals surface area contributed by atoms with E-state index < -0.39 is 0 Å². The molecule has 1 aliphatic heterocycles. The molecule has 1 N–H and O–H groups in total. The fourth-order valence-electron chi connectivity index (χ4n) is 2.52. The third-order valence-corrected chi connectivity index (χ3v) is 3.45. The van der Waals surface area contributed by atoms with Crippen LogP contribution in [0.15, 0.2) is 10.9 Å². The summed E-state index contributed by atoms with van der Waals surface area (Å²) >= 11 is 0. The third kappa shape index (κ3) is 2.90. The van der Waals surface area contributed by atoms with Gasteiger partial charge in [0, 0.05) is 31.6 Å². The third-order valence-electron chi connectivity index (χ3n) is 3.45. The minimum Gasteiger partial charge on any atom is -0.352 e. The van der Waals surface area contributed by atoms with Crippen LogP contribution in [0, 0.1) is 0 Å². The minimum atomic E-state index is -0.0540. The number of rotatable bonds is 2. The highest BCUT2D eigenvalue weighted by Gasteiger charge is 2.21. The maximum atomic E-state index is 11.6. The van der Waals surface area contributed by atoms with Gasteiger partial charge in [-0.1, -0.05) is 6.92 Å². The summed E-state index contributed by atoms with van der Waals surface area (Å²) < 4.78 is 0. The Kier molecular flexibility index (Phi) is 4.01. The number of aromatic amines is 1. The highest BCUT2D eigenvalue weighted by Crippen LogP contribution is 2.16. The van der Waals surface area contributed by atoms with Gasteiger partial charge in [0.2, 0.25) is 0 Å². The molecule has 0 bridgehead atoms. The van der Waals surface area contributed by atoms with Crippen molar-refractivity contribution in [2.75, 3.05) is 31.6 Å². The Bertz CT molecular complexity index is 457. The molecule has 2 rings (SSSR count). The molecule has 1 fully saturated rings. The predicted molar refractivity (Wildman–Crippen MR) is 73.2 cm³/mol. The van der Waals surface area contributed by atoms with E-state index in [2.05, 4.69) is 33.7 Å². The fourth-order valence-corrected chi connectivity index (χ4v) is 2.52. The summed E-state index contributed by atoms with van der Waals surface area (Å²) in [6.07, 6.45) is 1.86. The van der Waals surface area contributed by atoms with E-state index in [0.29, 0.717) is 6.04 Å². The lowest BCUT2D eigenvalue weighted by molar-refractivity contribution is 0.337. The average Bonchev–Trinajstić information content (AvgIpc) is 2.49. The Morgan fingerprint density at radius 3 is 3.00 bits per heavy atom. The molecule has 1 unspecified atom stereocenters. The Morgan fingerprint density at radius 2 is 2.28 bits per heavy atom. The molecular formula is C13H22N4O. The number of H-pyrrole nitrogens is 1. The van der Waals surface area contributed by atoms with E-state index >= 15 is 0 Å². The number of likely N-dealkylation sites (N-methyl/N-ethyl adjacent to an activating group) is 1. The molecule has 0 spiro atoms. The summed E-state index contributed by atoms with van der Waals surface area (Å²) in [6, 6.07) is 2.00. The second kappa shape index (κ2) is 5.52. The van der Waals surface area contributed by atoms with Gasteiger partial charge < -0.3 is 14.8 Å². The first-order valence-corrected chi connectivity index (χ1v) is 6.65. The molecule has 0 amide bonds. The van der Waals surface area contributed by atoms with E-state index in [-0.39, 0.29) is 5.56 Å². The van der Waals surface area contributed by atoms with Crippen molar-refractivity contribution < 1.29 is 0 Å². The molecule has 0 radical (unpaired) electrons. The van der Waals surface area contributed by atoms with Crippen molar-refractivity contribution in [3.05, 3.63) is 22.2 Å². The SMILES string of the molecule is CCc1nc(N2CCCN(C)CC2C)cc(=O)[nH]1. The molecule has 0 aliphatic carbocycles. The molecule has 1 atom stereocenters. The average molecular weight is 250 g/mol. The minimum absolute atomic E-state index is 0.0540. The summed E-state index contributed by atoms with van der Waals surface area (Å²) in [5.74, 6) is 1.58. The van der Waals surface area contributed by atoms with Gasteiger partial charge in [0.15, 0.2) is 0 Å². The molecule has 0 saturated carbocycles. The van der Waals surface area contributed by atoms with Crippen molar-refractivity contribution in [1.82, 2.24) is 14.9 Å². The van der Waals surface area contributed by atoms with Crippen molar-refractivity contribution in [2.45, 2.75) is 32.7 Å². The lowest BCUT2D eigenvalue weighted by Crippen LogP contribution is -2.39. The van der Waals surface area contributed by atoms with Gasteiger partial charge in [-0.05, 0) is 26.9 Å². The summed E-state index contributed by atoms with van der Waals surface area (Å²) in [7, 11) is 2.14. The molecule has 1 saturated heterocycles. The van der Waals surface area contributed by atoms with Crippen LogP contribution in [0.25, 0.3) is 0 Å². The van der Waals surface area contributed by atoms with Crippen LogP contribution < -0.4 is 10.5 Å². The molecule has 100 valence electrons. The second-order valence-electron chi connectivity index (χ2n) is 5.06. The van der Waals surface area contributed by atoms with Gasteiger partial charge >= 0.3 is 0 Å². The number of hydrogen-bond acceptors (Lipinski definition) is 4. The monoisotopic (exact) mass is 250 g/mol. The fraction of sp³-hybridized carbons (Fsp3) is 0.692. The zero-order valence-corrected chi connectivity index (χ0v) is 11.4. The summed E-state index contributed by atoms with van der Waals surface area (Å²) in [6.45, 7) is 7.27. The first-order valence-electron chi connectivity index (χ1n) is 6.65. The van der Waals surface area contributed by atoms with Gasteiger partial charge in [-0.3, -0.25) is 4.79 Å². The van der Waals surface area contributed by atoms with Gasteiger partial charge in [0.1, 0.15) is 11.6 Å². The lowest BCUT2D eigenvalue weighted by Gasteiger charge is -2.29. The molecule has 18 heavy (non-hydrogen) atoms. The van der Waals surface area contributed by atoms with E-state index in [1.807, 2.05) is 6.92 Å². The standard InChI is InChI=1S/C13H22N4O/c1-4-11-14-12(8-13(18)15-11)17-7-5-6-16(3)9-10(17)2/h8,10H,4-7,9H2,1-3H3,(H,14,15,18). The molecule has 0 aromatic carbocycles. The van der Waals surface area contributed by atoms with Gasteiger partial charge in [0.25, 0.3) is 5.56 Å². The Labute approximate surface area is 108 Å². The zero-order chi connectivity index (χ0) is 13.1. The van der Waals surface area contributed by atoms with Gasteiger partial charge in [0.05, 0.1) is 0 Å². The number of nitrogens with zero attached hydrogens (tertiary/aromatic N) is 3. The lowest BCUT2D eigenvalue weighted by atomic mass is 10.2. The van der Waals surface area contributed by atoms with E-state index in [0.717, 1.165) is 44.1 Å². The molecule has 5 heteroatoms. The number of aryl methyl sites for hydroxylation is 1. The van der Waals surface area contributed by atoms with Gasteiger partial charge in [-0.15, -0.1) is 0 Å². The van der Waals surface area contributed by atoms with Crippen LogP contribution in [0.1, 0.15) is 26.1 Å².